The molecule has 1 nitrogen and oxygen atoms in total. The molecule has 0 aliphatic heterocycles. The summed E-state index contributed by atoms with van der Waals surface area (Å²) >= 11 is 0. The molecule has 0 radical (unpaired) electrons. The number of nitrogens with one attached hydrogen (secondary N) is 1. The third kappa shape index (κ3) is 3.29. The van der Waals surface area contributed by atoms with Gasteiger partial charge in [0.05, 0.1) is 0 Å². The summed E-state index contributed by atoms with van der Waals surface area (Å²) in [6, 6.07) is 4.23. The van der Waals surface area contributed by atoms with Gasteiger partial charge in [0.1, 0.15) is 11.6 Å². The van der Waals surface area contributed by atoms with E-state index in [2.05, 4.69) is 19.2 Å². The summed E-state index contributed by atoms with van der Waals surface area (Å²) in [6.07, 6.45) is 3.60. The van der Waals surface area contributed by atoms with Crippen molar-refractivity contribution in [2.75, 3.05) is 0 Å². The highest BCUT2D eigenvalue weighted by molar-refractivity contribution is 5.18. The molecule has 1 aliphatic rings. The van der Waals surface area contributed by atoms with Crippen molar-refractivity contribution in [2.24, 2.45) is 11.8 Å². The summed E-state index contributed by atoms with van der Waals surface area (Å²) in [4.78, 5) is 0. The average molecular weight is 253 g/mol. The van der Waals surface area contributed by atoms with Crippen molar-refractivity contribution in [1.82, 2.24) is 5.32 Å². The predicted molar refractivity (Wildman–Crippen MR) is 69.2 cm³/mol. The van der Waals surface area contributed by atoms with Crippen LogP contribution in [0.25, 0.3) is 0 Å². The van der Waals surface area contributed by atoms with E-state index in [1.807, 2.05) is 0 Å². The van der Waals surface area contributed by atoms with E-state index in [-0.39, 0.29) is 0 Å². The lowest BCUT2D eigenvalue weighted by Gasteiger charge is -2.33. The second-order valence-corrected chi connectivity index (χ2v) is 5.62. The van der Waals surface area contributed by atoms with Gasteiger partial charge in [-0.05, 0) is 37.2 Å². The van der Waals surface area contributed by atoms with Crippen LogP contribution in [0.5, 0.6) is 0 Å². The van der Waals surface area contributed by atoms with Crippen LogP contribution in [-0.4, -0.2) is 6.04 Å². The smallest absolute Gasteiger partial charge is 0.130 e. The molecule has 2 rings (SSSR count). The van der Waals surface area contributed by atoms with Crippen molar-refractivity contribution in [3.8, 4) is 0 Å². The van der Waals surface area contributed by atoms with E-state index in [4.69, 9.17) is 0 Å². The molecule has 1 aromatic carbocycles. The summed E-state index contributed by atoms with van der Waals surface area (Å²) in [5.41, 5.74) is 0.544. The highest BCUT2D eigenvalue weighted by Crippen LogP contribution is 2.28. The third-order valence-electron chi connectivity index (χ3n) is 4.00. The summed E-state index contributed by atoms with van der Waals surface area (Å²) in [6.45, 7) is 5.01. The van der Waals surface area contributed by atoms with E-state index >= 15 is 0 Å². The van der Waals surface area contributed by atoms with Crippen LogP contribution in [-0.2, 0) is 6.54 Å². The maximum atomic E-state index is 13.5. The number of benzene rings is 1. The Balaban J connectivity index is 1.91. The van der Waals surface area contributed by atoms with Crippen LogP contribution in [0.15, 0.2) is 18.2 Å². The highest BCUT2D eigenvalue weighted by atomic mass is 19.1. The molecule has 0 heterocycles. The second-order valence-electron chi connectivity index (χ2n) is 5.62. The van der Waals surface area contributed by atoms with Crippen LogP contribution in [0.2, 0.25) is 0 Å². The number of hydrogen-bond donors (Lipinski definition) is 1. The molecule has 0 amide bonds. The van der Waals surface area contributed by atoms with Gasteiger partial charge >= 0.3 is 0 Å². The Bertz CT molecular complexity index is 405. The standard InChI is InChI=1S/C15H21F2N/c1-10-3-6-15(11(2)7-10)18-9-12-4-5-13(16)8-14(12)17/h4-5,8,10-11,15,18H,3,6-7,9H2,1-2H3. The van der Waals surface area contributed by atoms with Crippen LogP contribution in [0.1, 0.15) is 38.7 Å². The van der Waals surface area contributed by atoms with Crippen molar-refractivity contribution in [3.05, 3.63) is 35.4 Å². The monoisotopic (exact) mass is 253 g/mol. The zero-order valence-corrected chi connectivity index (χ0v) is 11.0. The van der Waals surface area contributed by atoms with E-state index in [0.29, 0.717) is 24.1 Å². The van der Waals surface area contributed by atoms with E-state index in [1.165, 1.54) is 25.0 Å². The normalized spacial score (nSPS) is 28.3. The van der Waals surface area contributed by atoms with Gasteiger partial charge in [-0.25, -0.2) is 8.78 Å². The Hall–Kier alpha value is -0.960. The second kappa shape index (κ2) is 5.79. The first-order chi connectivity index (χ1) is 8.56. The lowest BCUT2D eigenvalue weighted by atomic mass is 9.80. The summed E-state index contributed by atoms with van der Waals surface area (Å²) in [5, 5.41) is 3.41. The lowest BCUT2D eigenvalue weighted by Crippen LogP contribution is -2.38. The molecular formula is C15H21F2N. The van der Waals surface area contributed by atoms with Gasteiger partial charge in [0.25, 0.3) is 0 Å². The number of rotatable bonds is 3. The molecule has 0 spiro atoms. The highest BCUT2D eigenvalue weighted by Gasteiger charge is 2.24. The van der Waals surface area contributed by atoms with Gasteiger partial charge in [0.15, 0.2) is 0 Å². The Morgan fingerprint density at radius 1 is 1.22 bits per heavy atom. The first-order valence-electron chi connectivity index (χ1n) is 6.73. The number of hydrogen-bond acceptors (Lipinski definition) is 1. The van der Waals surface area contributed by atoms with E-state index in [0.717, 1.165) is 18.4 Å². The first-order valence-corrected chi connectivity index (χ1v) is 6.73. The molecule has 1 aliphatic carbocycles. The molecule has 18 heavy (non-hydrogen) atoms. The minimum atomic E-state index is -0.517. The van der Waals surface area contributed by atoms with Crippen molar-refractivity contribution < 1.29 is 8.78 Å². The minimum absolute atomic E-state index is 0.450. The molecule has 1 aromatic rings. The number of halogens is 2. The quantitative estimate of drug-likeness (QED) is 0.862. The van der Waals surface area contributed by atoms with Crippen LogP contribution in [0.3, 0.4) is 0 Å². The topological polar surface area (TPSA) is 12.0 Å². The van der Waals surface area contributed by atoms with Gasteiger partial charge < -0.3 is 5.32 Å². The van der Waals surface area contributed by atoms with Crippen LogP contribution < -0.4 is 5.32 Å². The zero-order chi connectivity index (χ0) is 13.1. The van der Waals surface area contributed by atoms with Gasteiger partial charge in [-0.1, -0.05) is 19.9 Å². The van der Waals surface area contributed by atoms with Gasteiger partial charge in [0.2, 0.25) is 0 Å². The molecule has 0 bridgehead atoms. The molecule has 0 saturated heterocycles. The largest absolute Gasteiger partial charge is 0.310 e. The Morgan fingerprint density at radius 3 is 2.67 bits per heavy atom. The van der Waals surface area contributed by atoms with E-state index < -0.39 is 11.6 Å². The lowest BCUT2D eigenvalue weighted by molar-refractivity contribution is 0.226. The van der Waals surface area contributed by atoms with E-state index in [9.17, 15) is 8.78 Å². The SMILES string of the molecule is CC1CCC(NCc2ccc(F)cc2F)C(C)C1. The Labute approximate surface area is 108 Å². The fourth-order valence-electron chi connectivity index (χ4n) is 2.87. The van der Waals surface area contributed by atoms with Gasteiger partial charge in [0, 0.05) is 24.2 Å². The third-order valence-corrected chi connectivity index (χ3v) is 4.00. The van der Waals surface area contributed by atoms with Crippen LogP contribution >= 0.6 is 0 Å². The minimum Gasteiger partial charge on any atom is -0.310 e. The van der Waals surface area contributed by atoms with Gasteiger partial charge in [-0.3, -0.25) is 0 Å². The average Bonchev–Trinajstić information content (AvgIpc) is 2.30. The first kappa shape index (κ1) is 13.5. The maximum Gasteiger partial charge on any atom is 0.130 e. The predicted octanol–water partition coefficient (Wildman–Crippen LogP) is 3.88. The summed E-state index contributed by atoms with van der Waals surface area (Å²) in [7, 11) is 0. The molecular weight excluding hydrogens is 232 g/mol. The molecule has 0 aromatic heterocycles. The Morgan fingerprint density at radius 2 is 2.00 bits per heavy atom. The summed E-state index contributed by atoms with van der Waals surface area (Å²) in [5.74, 6) is 0.438. The van der Waals surface area contributed by atoms with Crippen LogP contribution in [0.4, 0.5) is 8.78 Å². The van der Waals surface area contributed by atoms with Crippen molar-refractivity contribution in [2.45, 2.75) is 45.7 Å². The molecule has 3 unspecified atom stereocenters. The fourth-order valence-corrected chi connectivity index (χ4v) is 2.87. The van der Waals surface area contributed by atoms with Crippen molar-refractivity contribution in [1.29, 1.82) is 0 Å². The Kier molecular flexibility index (Phi) is 4.33. The molecule has 1 saturated carbocycles. The van der Waals surface area contributed by atoms with Gasteiger partial charge in [-0.2, -0.15) is 0 Å². The zero-order valence-electron chi connectivity index (χ0n) is 11.0. The van der Waals surface area contributed by atoms with E-state index in [1.54, 1.807) is 0 Å². The molecule has 1 N–H and O–H groups in total. The maximum absolute atomic E-state index is 13.5. The molecule has 3 heteroatoms. The van der Waals surface area contributed by atoms with Gasteiger partial charge in [-0.15, -0.1) is 0 Å². The van der Waals surface area contributed by atoms with Crippen molar-refractivity contribution in [3.63, 3.8) is 0 Å². The molecule has 100 valence electrons. The van der Waals surface area contributed by atoms with Crippen molar-refractivity contribution >= 4 is 0 Å². The molecule has 1 fully saturated rings. The molecule has 3 atom stereocenters. The summed E-state index contributed by atoms with van der Waals surface area (Å²) < 4.78 is 26.3. The van der Waals surface area contributed by atoms with Crippen LogP contribution in [0, 0.1) is 23.5 Å². The fraction of sp³-hybridized carbons (Fsp3) is 0.600.